The molecule has 140 valence electrons. The van der Waals surface area contributed by atoms with Gasteiger partial charge in [0.1, 0.15) is 0 Å². The molecule has 2 aromatic carbocycles. The molecule has 0 aliphatic heterocycles. The predicted molar refractivity (Wildman–Crippen MR) is 103 cm³/mol. The summed E-state index contributed by atoms with van der Waals surface area (Å²) in [5.41, 5.74) is 2.62. The zero-order chi connectivity index (χ0) is 19.3. The second kappa shape index (κ2) is 8.23. The summed E-state index contributed by atoms with van der Waals surface area (Å²) < 4.78 is 35.6. The Morgan fingerprint density at radius 2 is 1.77 bits per heavy atom. The maximum Gasteiger partial charge on any atom is 0.276 e. The molecule has 0 atom stereocenters. The first-order chi connectivity index (χ1) is 12.2. The van der Waals surface area contributed by atoms with Crippen LogP contribution in [0.5, 0.6) is 11.5 Å². The van der Waals surface area contributed by atoms with Crippen LogP contribution in [0.15, 0.2) is 46.4 Å². The van der Waals surface area contributed by atoms with E-state index in [0.717, 1.165) is 11.1 Å². The average Bonchev–Trinajstić information content (AvgIpc) is 2.57. The molecular formula is C19H24N2O4S. The Balaban J connectivity index is 2.15. The van der Waals surface area contributed by atoms with E-state index < -0.39 is 10.0 Å². The van der Waals surface area contributed by atoms with E-state index in [-0.39, 0.29) is 11.0 Å². The molecule has 0 fully saturated rings. The van der Waals surface area contributed by atoms with Gasteiger partial charge in [0.15, 0.2) is 11.5 Å². The first-order valence-corrected chi connectivity index (χ1v) is 9.68. The number of hydrogen-bond acceptors (Lipinski definition) is 5. The first kappa shape index (κ1) is 19.8. The minimum Gasteiger partial charge on any atom is -0.493 e. The quantitative estimate of drug-likeness (QED) is 0.593. The van der Waals surface area contributed by atoms with Crippen LogP contribution in [0.1, 0.15) is 30.5 Å². The molecule has 0 bridgehead atoms. The number of hydrazone groups is 1. The second-order valence-electron chi connectivity index (χ2n) is 6.18. The Morgan fingerprint density at radius 3 is 2.38 bits per heavy atom. The van der Waals surface area contributed by atoms with Crippen LogP contribution in [0.25, 0.3) is 0 Å². The summed E-state index contributed by atoms with van der Waals surface area (Å²) in [6.07, 6.45) is 1.44. The highest BCUT2D eigenvalue weighted by atomic mass is 32.2. The highest BCUT2D eigenvalue weighted by molar-refractivity contribution is 7.89. The van der Waals surface area contributed by atoms with Crippen molar-refractivity contribution < 1.29 is 17.9 Å². The smallest absolute Gasteiger partial charge is 0.276 e. The van der Waals surface area contributed by atoms with Gasteiger partial charge in [0.2, 0.25) is 0 Å². The molecule has 2 aromatic rings. The maximum absolute atomic E-state index is 12.3. The van der Waals surface area contributed by atoms with Crippen molar-refractivity contribution in [2.75, 3.05) is 7.11 Å². The third-order valence-corrected chi connectivity index (χ3v) is 4.95. The van der Waals surface area contributed by atoms with Gasteiger partial charge in [-0.05, 0) is 74.7 Å². The molecule has 0 saturated carbocycles. The van der Waals surface area contributed by atoms with Gasteiger partial charge in [-0.25, -0.2) is 4.83 Å². The van der Waals surface area contributed by atoms with Gasteiger partial charge in [-0.15, -0.1) is 0 Å². The molecule has 0 amide bonds. The molecule has 0 aromatic heterocycles. The highest BCUT2D eigenvalue weighted by Crippen LogP contribution is 2.28. The molecule has 0 aliphatic rings. The number of rotatable bonds is 7. The maximum atomic E-state index is 12.3. The largest absolute Gasteiger partial charge is 0.493 e. The Hall–Kier alpha value is -2.54. The normalized spacial score (nSPS) is 11.8. The summed E-state index contributed by atoms with van der Waals surface area (Å²) >= 11 is 0. The molecule has 7 heteroatoms. The van der Waals surface area contributed by atoms with Gasteiger partial charge in [0.05, 0.1) is 24.3 Å². The minimum atomic E-state index is -3.71. The Labute approximate surface area is 154 Å². The van der Waals surface area contributed by atoms with Crippen molar-refractivity contribution in [3.05, 3.63) is 53.1 Å². The lowest BCUT2D eigenvalue weighted by Gasteiger charge is -2.13. The molecule has 0 saturated heterocycles. The van der Waals surface area contributed by atoms with E-state index in [1.807, 2.05) is 27.7 Å². The molecular weight excluding hydrogens is 352 g/mol. The SMILES string of the molecule is COc1cc(/C=N/NS(=O)(=O)c2ccc(C)c(C)c2)ccc1OC(C)C. The van der Waals surface area contributed by atoms with Crippen LogP contribution in [0.4, 0.5) is 0 Å². The molecule has 0 heterocycles. The van der Waals surface area contributed by atoms with Gasteiger partial charge in [-0.3, -0.25) is 0 Å². The van der Waals surface area contributed by atoms with E-state index in [1.165, 1.54) is 6.21 Å². The summed E-state index contributed by atoms with van der Waals surface area (Å²) in [6.45, 7) is 7.65. The zero-order valence-electron chi connectivity index (χ0n) is 15.6. The van der Waals surface area contributed by atoms with E-state index in [0.29, 0.717) is 17.1 Å². The van der Waals surface area contributed by atoms with Gasteiger partial charge in [-0.2, -0.15) is 13.5 Å². The van der Waals surface area contributed by atoms with Gasteiger partial charge < -0.3 is 9.47 Å². The highest BCUT2D eigenvalue weighted by Gasteiger charge is 2.13. The van der Waals surface area contributed by atoms with Crippen molar-refractivity contribution in [1.82, 2.24) is 4.83 Å². The van der Waals surface area contributed by atoms with Gasteiger partial charge in [-0.1, -0.05) is 6.07 Å². The third kappa shape index (κ3) is 4.98. The first-order valence-electron chi connectivity index (χ1n) is 8.20. The lowest BCUT2D eigenvalue weighted by atomic mass is 10.1. The summed E-state index contributed by atoms with van der Waals surface area (Å²) in [5.74, 6) is 1.18. The van der Waals surface area contributed by atoms with E-state index >= 15 is 0 Å². The molecule has 6 nitrogen and oxygen atoms in total. The Bertz CT molecular complexity index is 906. The number of sulfonamides is 1. The lowest BCUT2D eigenvalue weighted by molar-refractivity contribution is 0.230. The van der Waals surface area contributed by atoms with E-state index in [1.54, 1.807) is 43.5 Å². The van der Waals surface area contributed by atoms with Crippen LogP contribution in [0, 0.1) is 13.8 Å². The Kier molecular flexibility index (Phi) is 6.26. The van der Waals surface area contributed by atoms with Crippen molar-refractivity contribution in [2.45, 2.75) is 38.7 Å². The number of methoxy groups -OCH3 is 1. The van der Waals surface area contributed by atoms with Gasteiger partial charge in [0.25, 0.3) is 10.0 Å². The number of nitrogens with one attached hydrogen (secondary N) is 1. The van der Waals surface area contributed by atoms with E-state index in [2.05, 4.69) is 9.93 Å². The van der Waals surface area contributed by atoms with E-state index in [4.69, 9.17) is 9.47 Å². The monoisotopic (exact) mass is 376 g/mol. The molecule has 0 unspecified atom stereocenters. The van der Waals surface area contributed by atoms with Crippen LogP contribution in [0.2, 0.25) is 0 Å². The van der Waals surface area contributed by atoms with Crippen molar-refractivity contribution in [3.63, 3.8) is 0 Å². The van der Waals surface area contributed by atoms with Crippen LogP contribution >= 0.6 is 0 Å². The third-order valence-electron chi connectivity index (χ3n) is 3.73. The summed E-state index contributed by atoms with van der Waals surface area (Å²) in [7, 11) is -2.17. The zero-order valence-corrected chi connectivity index (χ0v) is 16.4. The summed E-state index contributed by atoms with van der Waals surface area (Å²) in [6, 6.07) is 10.2. The number of nitrogens with zero attached hydrogens (tertiary/aromatic N) is 1. The summed E-state index contributed by atoms with van der Waals surface area (Å²) in [4.78, 5) is 2.40. The minimum absolute atomic E-state index is 0.0215. The topological polar surface area (TPSA) is 77.0 Å². The number of ether oxygens (including phenoxy) is 2. The summed E-state index contributed by atoms with van der Waals surface area (Å²) in [5, 5.41) is 3.85. The van der Waals surface area contributed by atoms with Crippen molar-refractivity contribution in [1.29, 1.82) is 0 Å². The van der Waals surface area contributed by atoms with Crippen LogP contribution in [-0.4, -0.2) is 27.8 Å². The van der Waals surface area contributed by atoms with Crippen molar-refractivity contribution in [2.24, 2.45) is 5.10 Å². The van der Waals surface area contributed by atoms with Crippen molar-refractivity contribution >= 4 is 16.2 Å². The molecule has 26 heavy (non-hydrogen) atoms. The average molecular weight is 376 g/mol. The molecule has 0 radical (unpaired) electrons. The standard InChI is InChI=1S/C19H24N2O4S/c1-13(2)25-18-9-7-16(11-19(18)24-5)12-20-21-26(22,23)17-8-6-14(3)15(4)10-17/h6-13,21H,1-5H3/b20-12+. The number of aryl methyl sites for hydroxylation is 2. The predicted octanol–water partition coefficient (Wildman–Crippen LogP) is 3.41. The molecule has 0 spiro atoms. The lowest BCUT2D eigenvalue weighted by Crippen LogP contribution is -2.18. The number of benzene rings is 2. The Morgan fingerprint density at radius 1 is 1.04 bits per heavy atom. The van der Waals surface area contributed by atoms with E-state index in [9.17, 15) is 8.42 Å². The molecule has 1 N–H and O–H groups in total. The van der Waals surface area contributed by atoms with Crippen molar-refractivity contribution in [3.8, 4) is 11.5 Å². The van der Waals surface area contributed by atoms with Crippen LogP contribution < -0.4 is 14.3 Å². The molecule has 2 rings (SSSR count). The van der Waals surface area contributed by atoms with Crippen LogP contribution in [-0.2, 0) is 10.0 Å². The fourth-order valence-corrected chi connectivity index (χ4v) is 3.10. The van der Waals surface area contributed by atoms with Crippen LogP contribution in [0.3, 0.4) is 0 Å². The number of hydrogen-bond donors (Lipinski definition) is 1. The second-order valence-corrected chi connectivity index (χ2v) is 7.84. The van der Waals surface area contributed by atoms with Gasteiger partial charge in [0, 0.05) is 0 Å². The molecule has 0 aliphatic carbocycles. The van der Waals surface area contributed by atoms with Gasteiger partial charge >= 0.3 is 0 Å². The fourth-order valence-electron chi connectivity index (χ4n) is 2.22. The fraction of sp³-hybridized carbons (Fsp3) is 0.316.